The Morgan fingerprint density at radius 1 is 0.926 bits per heavy atom. The molecule has 6 heteroatoms. The van der Waals surface area contributed by atoms with Gasteiger partial charge in [0, 0.05) is 11.1 Å². The largest absolute Gasteiger partial charge is 0.289 e. The zero-order valence-electron chi connectivity index (χ0n) is 14.4. The molecule has 0 unspecified atom stereocenters. The molecular weight excluding hydrogens is 338 g/mol. The van der Waals surface area contributed by atoms with E-state index < -0.39 is 5.56 Å². The summed E-state index contributed by atoms with van der Waals surface area (Å²) in [4.78, 5) is 17.4. The summed E-state index contributed by atoms with van der Waals surface area (Å²) >= 11 is 0. The highest BCUT2D eigenvalue weighted by Gasteiger charge is 2.22. The van der Waals surface area contributed by atoms with Crippen molar-refractivity contribution in [2.75, 3.05) is 0 Å². The van der Waals surface area contributed by atoms with Crippen molar-refractivity contribution in [3.8, 4) is 34.7 Å². The highest BCUT2D eigenvalue weighted by molar-refractivity contribution is 5.82. The number of nitrogens with one attached hydrogen (secondary N) is 1. The van der Waals surface area contributed by atoms with Gasteiger partial charge in [0.2, 0.25) is 0 Å². The Bertz CT molecular complexity index is 1300. The van der Waals surface area contributed by atoms with Gasteiger partial charge in [0.05, 0.1) is 0 Å². The van der Waals surface area contributed by atoms with Crippen LogP contribution in [0.5, 0.6) is 0 Å². The molecule has 0 atom stereocenters. The molecule has 0 fully saturated rings. The zero-order chi connectivity index (χ0) is 19.0. The number of H-pyrrole nitrogens is 1. The van der Waals surface area contributed by atoms with E-state index in [0.717, 1.165) is 15.6 Å². The van der Waals surface area contributed by atoms with Crippen LogP contribution in [0.1, 0.15) is 16.7 Å². The van der Waals surface area contributed by atoms with Gasteiger partial charge in [0.25, 0.3) is 5.56 Å². The lowest BCUT2D eigenvalue weighted by atomic mass is 9.96. The molecule has 4 aromatic rings. The molecule has 27 heavy (non-hydrogen) atoms. The number of benzene rings is 2. The monoisotopic (exact) mass is 351 g/mol. The van der Waals surface area contributed by atoms with Crippen LogP contribution in [0.4, 0.5) is 0 Å². The number of fused-ring (bicyclic) bond motifs is 1. The number of rotatable bonds is 2. The van der Waals surface area contributed by atoms with Gasteiger partial charge in [-0.2, -0.15) is 15.0 Å². The first kappa shape index (κ1) is 16.3. The topological polar surface area (TPSA) is 97.7 Å². The minimum Gasteiger partial charge on any atom is -0.272 e. The van der Waals surface area contributed by atoms with Crippen LogP contribution in [0.2, 0.25) is 0 Å². The van der Waals surface area contributed by atoms with Crippen LogP contribution in [0.25, 0.3) is 28.2 Å². The van der Waals surface area contributed by atoms with E-state index in [1.165, 1.54) is 0 Å². The summed E-state index contributed by atoms with van der Waals surface area (Å²) in [5, 5.41) is 22.3. The lowest BCUT2D eigenvalue weighted by Crippen LogP contribution is -2.20. The first-order valence-corrected chi connectivity index (χ1v) is 8.25. The normalized spacial score (nSPS) is 10.5. The minimum absolute atomic E-state index is 0.0869. The third-order valence-electron chi connectivity index (χ3n) is 4.40. The van der Waals surface area contributed by atoms with Crippen molar-refractivity contribution >= 4 is 5.65 Å². The second-order valence-electron chi connectivity index (χ2n) is 6.12. The summed E-state index contributed by atoms with van der Waals surface area (Å²) in [7, 11) is 0. The average molecular weight is 351 g/mol. The summed E-state index contributed by atoms with van der Waals surface area (Å²) in [6.07, 6.45) is 0. The van der Waals surface area contributed by atoms with Crippen LogP contribution in [0.3, 0.4) is 0 Å². The van der Waals surface area contributed by atoms with E-state index in [0.29, 0.717) is 17.0 Å². The van der Waals surface area contributed by atoms with Gasteiger partial charge < -0.3 is 0 Å². The van der Waals surface area contributed by atoms with E-state index in [9.17, 15) is 15.3 Å². The van der Waals surface area contributed by atoms with Crippen molar-refractivity contribution in [3.05, 3.63) is 81.6 Å². The third kappa shape index (κ3) is 2.57. The van der Waals surface area contributed by atoms with Crippen LogP contribution in [0.15, 0.2) is 59.4 Å². The first-order chi connectivity index (χ1) is 13.1. The van der Waals surface area contributed by atoms with Crippen LogP contribution < -0.4 is 5.56 Å². The van der Waals surface area contributed by atoms with Crippen LogP contribution in [-0.4, -0.2) is 14.6 Å². The number of hydrogen-bond acceptors (Lipinski definition) is 4. The molecule has 1 N–H and O–H groups in total. The van der Waals surface area contributed by atoms with Gasteiger partial charge in [0.1, 0.15) is 23.3 Å². The number of aromatic nitrogens is 3. The van der Waals surface area contributed by atoms with E-state index >= 15 is 0 Å². The molecule has 0 aliphatic carbocycles. The summed E-state index contributed by atoms with van der Waals surface area (Å²) in [5.41, 5.74) is 2.55. The van der Waals surface area contributed by atoms with Crippen molar-refractivity contribution in [1.29, 1.82) is 10.5 Å². The number of nitrogens with zero attached hydrogens (tertiary/aromatic N) is 4. The first-order valence-electron chi connectivity index (χ1n) is 8.25. The molecule has 6 nitrogen and oxygen atoms in total. The standard InChI is InChI=1S/C21H13N5O/c1-13-7-9-14(10-8-13)18-16(11-22)20-24-19(15-5-3-2-4-6-15)25-26(20)21(27)17(18)12-23/h2-10H,1H3,(H,24,25). The summed E-state index contributed by atoms with van der Waals surface area (Å²) < 4.78 is 1.16. The van der Waals surface area contributed by atoms with Crippen LogP contribution in [-0.2, 0) is 0 Å². The van der Waals surface area contributed by atoms with E-state index in [2.05, 4.69) is 16.2 Å². The molecule has 0 aliphatic rings. The Kier molecular flexibility index (Phi) is 3.80. The SMILES string of the molecule is Cc1ccc(-c2c(C#N)c(=O)n3[nH]c(-c4ccccc4)nc3c2C#N)cc1. The molecule has 2 heterocycles. The fourth-order valence-corrected chi connectivity index (χ4v) is 3.05. The Morgan fingerprint density at radius 3 is 2.22 bits per heavy atom. The van der Waals surface area contributed by atoms with E-state index in [1.807, 2.05) is 55.5 Å². The lowest BCUT2D eigenvalue weighted by Gasteiger charge is -2.07. The zero-order valence-corrected chi connectivity index (χ0v) is 14.4. The van der Waals surface area contributed by atoms with Crippen molar-refractivity contribution in [2.24, 2.45) is 0 Å². The molecule has 0 saturated carbocycles. The molecule has 2 aromatic carbocycles. The number of hydrogen-bond donors (Lipinski definition) is 1. The van der Waals surface area contributed by atoms with Crippen molar-refractivity contribution < 1.29 is 0 Å². The quantitative estimate of drug-likeness (QED) is 0.598. The second-order valence-corrected chi connectivity index (χ2v) is 6.12. The molecule has 128 valence electrons. The average Bonchev–Trinajstić information content (AvgIpc) is 3.15. The summed E-state index contributed by atoms with van der Waals surface area (Å²) in [6, 6.07) is 20.7. The Morgan fingerprint density at radius 2 is 1.59 bits per heavy atom. The van der Waals surface area contributed by atoms with E-state index in [4.69, 9.17) is 0 Å². The maximum absolute atomic E-state index is 12.9. The fourth-order valence-electron chi connectivity index (χ4n) is 3.05. The van der Waals surface area contributed by atoms with Gasteiger partial charge in [-0.25, -0.2) is 4.98 Å². The fraction of sp³-hybridized carbons (Fsp3) is 0.0476. The molecule has 0 bridgehead atoms. The van der Waals surface area contributed by atoms with Crippen LogP contribution in [0, 0.1) is 29.6 Å². The molecule has 0 radical (unpaired) electrons. The maximum atomic E-state index is 12.9. The molecule has 2 aromatic heterocycles. The molecule has 0 saturated heterocycles. The van der Waals surface area contributed by atoms with E-state index in [-0.39, 0.29) is 16.8 Å². The Labute approximate surface area is 154 Å². The van der Waals surface area contributed by atoms with Gasteiger partial charge in [-0.05, 0) is 12.5 Å². The summed E-state index contributed by atoms with van der Waals surface area (Å²) in [5.74, 6) is 0.453. The minimum atomic E-state index is -0.531. The van der Waals surface area contributed by atoms with Gasteiger partial charge >= 0.3 is 0 Å². The Balaban J connectivity index is 2.10. The molecule has 0 aliphatic heterocycles. The second kappa shape index (κ2) is 6.29. The van der Waals surface area contributed by atoms with Gasteiger partial charge in [0.15, 0.2) is 11.5 Å². The number of aromatic amines is 1. The third-order valence-corrected chi connectivity index (χ3v) is 4.40. The number of nitriles is 2. The predicted octanol–water partition coefficient (Wildman–Crippen LogP) is 3.41. The van der Waals surface area contributed by atoms with Crippen molar-refractivity contribution in [2.45, 2.75) is 6.92 Å². The van der Waals surface area contributed by atoms with Crippen molar-refractivity contribution in [1.82, 2.24) is 14.6 Å². The molecule has 4 rings (SSSR count). The highest BCUT2D eigenvalue weighted by atomic mass is 16.1. The van der Waals surface area contributed by atoms with Crippen molar-refractivity contribution in [3.63, 3.8) is 0 Å². The predicted molar refractivity (Wildman–Crippen MR) is 101 cm³/mol. The smallest absolute Gasteiger partial charge is 0.272 e. The molecule has 0 amide bonds. The Hall–Kier alpha value is -4.16. The van der Waals surface area contributed by atoms with Crippen LogP contribution >= 0.6 is 0 Å². The van der Waals surface area contributed by atoms with Gasteiger partial charge in [-0.1, -0.05) is 60.2 Å². The molecular formula is C21H13N5O. The lowest BCUT2D eigenvalue weighted by molar-refractivity contribution is 0.918. The van der Waals surface area contributed by atoms with Gasteiger partial charge in [-0.3, -0.25) is 9.89 Å². The highest BCUT2D eigenvalue weighted by Crippen LogP contribution is 2.29. The van der Waals surface area contributed by atoms with E-state index in [1.54, 1.807) is 12.1 Å². The number of pyridine rings is 1. The molecule has 0 spiro atoms. The van der Waals surface area contributed by atoms with Gasteiger partial charge in [-0.15, -0.1) is 0 Å². The maximum Gasteiger partial charge on any atom is 0.289 e. The summed E-state index contributed by atoms with van der Waals surface area (Å²) in [6.45, 7) is 1.94. The number of aryl methyl sites for hydroxylation is 1.